The summed E-state index contributed by atoms with van der Waals surface area (Å²) in [6, 6.07) is 11.2. The Morgan fingerprint density at radius 1 is 1.16 bits per heavy atom. The van der Waals surface area contributed by atoms with Gasteiger partial charge in [0.15, 0.2) is 0 Å². The van der Waals surface area contributed by atoms with Crippen molar-refractivity contribution in [2.24, 2.45) is 5.92 Å². The van der Waals surface area contributed by atoms with Gasteiger partial charge in [-0.2, -0.15) is 12.7 Å². The summed E-state index contributed by atoms with van der Waals surface area (Å²) in [4.78, 5) is 19.8. The summed E-state index contributed by atoms with van der Waals surface area (Å²) in [6.07, 6.45) is 3.28. The Balaban J connectivity index is 1.35. The fourth-order valence-electron chi connectivity index (χ4n) is 5.39. The molecule has 4 rings (SSSR count). The van der Waals surface area contributed by atoms with Gasteiger partial charge in [0, 0.05) is 44.0 Å². The second-order valence-corrected chi connectivity index (χ2v) is 13.8. The van der Waals surface area contributed by atoms with Gasteiger partial charge < -0.3 is 15.0 Å². The van der Waals surface area contributed by atoms with E-state index < -0.39 is 16.1 Å². The van der Waals surface area contributed by atoms with Crippen LogP contribution in [0.15, 0.2) is 42.6 Å². The molecule has 0 aliphatic carbocycles. The molecule has 0 radical (unpaired) electrons. The predicted octanol–water partition coefficient (Wildman–Crippen LogP) is 3.72. The Morgan fingerprint density at radius 2 is 1.87 bits per heavy atom. The minimum atomic E-state index is -4.00. The van der Waals surface area contributed by atoms with Crippen molar-refractivity contribution in [3.05, 3.63) is 53.7 Å². The molecule has 10 heteroatoms. The molecule has 2 saturated heterocycles. The number of amides is 1. The van der Waals surface area contributed by atoms with Gasteiger partial charge in [-0.05, 0) is 83.2 Å². The van der Waals surface area contributed by atoms with Crippen LogP contribution >= 0.6 is 0 Å². The molecule has 1 amide bonds. The number of carbonyl (C=O) groups excluding carboxylic acids is 1. The Morgan fingerprint density at radius 3 is 2.50 bits per heavy atom. The van der Waals surface area contributed by atoms with Crippen molar-refractivity contribution in [2.45, 2.75) is 78.1 Å². The quantitative estimate of drug-likeness (QED) is 0.523. The van der Waals surface area contributed by atoms with E-state index in [1.54, 1.807) is 18.3 Å². The molecular weight excluding hydrogens is 502 g/mol. The number of benzene rings is 1. The SMILES string of the molecule is C[C@@H]1CN(c2ncccc2C(=O)NS(=O)(=O)N2CC[C@@H](NCc3ccc(OC(C)(C)C)cc3)C2)C(C)(C)C1. The molecule has 0 unspecified atom stereocenters. The minimum Gasteiger partial charge on any atom is -0.488 e. The van der Waals surface area contributed by atoms with Crippen LogP contribution in [-0.2, 0) is 16.8 Å². The molecule has 2 aromatic rings. The first kappa shape index (κ1) is 28.3. The molecule has 2 atom stereocenters. The maximum atomic E-state index is 13.2. The zero-order valence-electron chi connectivity index (χ0n) is 23.3. The monoisotopic (exact) mass is 543 g/mol. The highest BCUT2D eigenvalue weighted by atomic mass is 32.2. The Kier molecular flexibility index (Phi) is 8.07. The minimum absolute atomic E-state index is 0.00646. The average molecular weight is 544 g/mol. The number of nitrogens with one attached hydrogen (secondary N) is 2. The predicted molar refractivity (Wildman–Crippen MR) is 149 cm³/mol. The number of ether oxygens (including phenoxy) is 1. The van der Waals surface area contributed by atoms with E-state index in [0.29, 0.717) is 37.8 Å². The van der Waals surface area contributed by atoms with Crippen molar-refractivity contribution in [3.8, 4) is 5.75 Å². The fourth-order valence-corrected chi connectivity index (χ4v) is 6.58. The maximum absolute atomic E-state index is 13.2. The standard InChI is InChI=1S/C28H41N5O4S/c1-20-16-28(5,6)33(18-20)25-24(8-7-14-29-25)26(34)31-38(35,36)32-15-13-22(19-32)30-17-21-9-11-23(12-10-21)37-27(2,3)4/h7-12,14,20,22,30H,13,15-19H2,1-6H3,(H,31,34)/t20-,22+/m0/s1. The van der Waals surface area contributed by atoms with Crippen molar-refractivity contribution in [1.82, 2.24) is 19.3 Å². The summed E-state index contributed by atoms with van der Waals surface area (Å²) in [5.74, 6) is 1.14. The molecule has 2 N–H and O–H groups in total. The topological polar surface area (TPSA) is 104 Å². The van der Waals surface area contributed by atoms with Crippen molar-refractivity contribution in [1.29, 1.82) is 0 Å². The number of carbonyl (C=O) groups is 1. The molecule has 2 aliphatic rings. The Labute approximate surface area is 227 Å². The number of hydrogen-bond donors (Lipinski definition) is 2. The maximum Gasteiger partial charge on any atom is 0.304 e. The molecule has 208 valence electrons. The fraction of sp³-hybridized carbons (Fsp3) is 0.571. The lowest BCUT2D eigenvalue weighted by atomic mass is 9.97. The molecule has 1 aromatic carbocycles. The van der Waals surface area contributed by atoms with Gasteiger partial charge in [-0.3, -0.25) is 4.79 Å². The smallest absolute Gasteiger partial charge is 0.304 e. The van der Waals surface area contributed by atoms with Gasteiger partial charge in [-0.15, -0.1) is 0 Å². The lowest BCUT2D eigenvalue weighted by Crippen LogP contribution is -2.45. The van der Waals surface area contributed by atoms with Gasteiger partial charge in [0.25, 0.3) is 5.91 Å². The first-order valence-corrected chi connectivity index (χ1v) is 14.7. The Bertz CT molecular complexity index is 1240. The van der Waals surface area contributed by atoms with E-state index in [1.165, 1.54) is 4.31 Å². The van der Waals surface area contributed by atoms with Gasteiger partial charge in [0.05, 0.1) is 5.56 Å². The van der Waals surface area contributed by atoms with Crippen LogP contribution in [0, 0.1) is 5.92 Å². The van der Waals surface area contributed by atoms with Crippen LogP contribution in [0.25, 0.3) is 0 Å². The van der Waals surface area contributed by atoms with Crippen LogP contribution in [0.4, 0.5) is 5.82 Å². The van der Waals surface area contributed by atoms with Crippen molar-refractivity contribution < 1.29 is 17.9 Å². The van der Waals surface area contributed by atoms with Crippen LogP contribution < -0.4 is 19.7 Å². The molecule has 2 aliphatic heterocycles. The number of anilines is 1. The van der Waals surface area contributed by atoms with Crippen LogP contribution in [0.2, 0.25) is 0 Å². The third kappa shape index (κ3) is 6.84. The molecule has 38 heavy (non-hydrogen) atoms. The summed E-state index contributed by atoms with van der Waals surface area (Å²) in [5, 5.41) is 3.44. The molecule has 0 bridgehead atoms. The van der Waals surface area contributed by atoms with Crippen LogP contribution in [0.3, 0.4) is 0 Å². The Hall–Kier alpha value is -2.69. The highest BCUT2D eigenvalue weighted by Gasteiger charge is 2.39. The van der Waals surface area contributed by atoms with E-state index in [9.17, 15) is 13.2 Å². The van der Waals surface area contributed by atoms with Gasteiger partial charge in [-0.1, -0.05) is 19.1 Å². The molecule has 0 saturated carbocycles. The average Bonchev–Trinajstić information content (AvgIpc) is 3.41. The number of hydrogen-bond acceptors (Lipinski definition) is 7. The van der Waals surface area contributed by atoms with Gasteiger partial charge in [0.1, 0.15) is 17.2 Å². The van der Waals surface area contributed by atoms with Gasteiger partial charge in [-0.25, -0.2) is 9.71 Å². The second kappa shape index (κ2) is 10.8. The van der Waals surface area contributed by atoms with E-state index in [-0.39, 0.29) is 22.7 Å². The lowest BCUT2D eigenvalue weighted by molar-refractivity contribution is 0.0979. The molecular formula is C28H41N5O4S. The zero-order valence-corrected chi connectivity index (χ0v) is 24.1. The summed E-state index contributed by atoms with van der Waals surface area (Å²) in [5.41, 5.74) is 0.931. The highest BCUT2D eigenvalue weighted by molar-refractivity contribution is 7.87. The highest BCUT2D eigenvalue weighted by Crippen LogP contribution is 2.37. The first-order valence-electron chi connectivity index (χ1n) is 13.3. The molecule has 9 nitrogen and oxygen atoms in total. The van der Waals surface area contributed by atoms with Crippen LogP contribution in [-0.4, -0.2) is 60.4 Å². The zero-order chi connectivity index (χ0) is 27.7. The normalized spacial score (nSPS) is 22.0. The first-order chi connectivity index (χ1) is 17.7. The molecule has 0 spiro atoms. The largest absolute Gasteiger partial charge is 0.488 e. The summed E-state index contributed by atoms with van der Waals surface area (Å²) < 4.78 is 35.7. The number of rotatable bonds is 8. The van der Waals surface area contributed by atoms with Gasteiger partial charge in [0.2, 0.25) is 0 Å². The number of pyridine rings is 1. The van der Waals surface area contributed by atoms with Crippen LogP contribution in [0.1, 0.15) is 70.3 Å². The van der Waals surface area contributed by atoms with E-state index in [2.05, 4.69) is 40.7 Å². The number of nitrogens with zero attached hydrogens (tertiary/aromatic N) is 3. The van der Waals surface area contributed by atoms with E-state index in [1.807, 2.05) is 45.0 Å². The summed E-state index contributed by atoms with van der Waals surface area (Å²) in [7, 11) is -4.00. The third-order valence-corrected chi connectivity index (χ3v) is 8.47. The van der Waals surface area contributed by atoms with Crippen molar-refractivity contribution >= 4 is 21.9 Å². The van der Waals surface area contributed by atoms with Crippen LogP contribution in [0.5, 0.6) is 5.75 Å². The van der Waals surface area contributed by atoms with E-state index >= 15 is 0 Å². The van der Waals surface area contributed by atoms with E-state index in [4.69, 9.17) is 4.74 Å². The second-order valence-electron chi connectivity index (χ2n) is 12.1. The molecule has 3 heterocycles. The summed E-state index contributed by atoms with van der Waals surface area (Å²) in [6.45, 7) is 14.5. The lowest BCUT2D eigenvalue weighted by Gasteiger charge is -2.33. The summed E-state index contributed by atoms with van der Waals surface area (Å²) >= 11 is 0. The third-order valence-electron chi connectivity index (χ3n) is 7.01. The molecule has 2 fully saturated rings. The van der Waals surface area contributed by atoms with Gasteiger partial charge >= 0.3 is 10.2 Å². The molecule has 1 aromatic heterocycles. The number of aromatic nitrogens is 1. The van der Waals surface area contributed by atoms with Crippen molar-refractivity contribution in [2.75, 3.05) is 24.5 Å². The van der Waals surface area contributed by atoms with Crippen molar-refractivity contribution in [3.63, 3.8) is 0 Å². The van der Waals surface area contributed by atoms with E-state index in [0.717, 1.165) is 24.3 Å².